The largest absolute Gasteiger partial charge is 0.480 e. The Bertz CT molecular complexity index is 1990. The van der Waals surface area contributed by atoms with Crippen LogP contribution in [-0.2, 0) is 24.0 Å². The molecule has 2 amide bonds. The van der Waals surface area contributed by atoms with Gasteiger partial charge in [0, 0.05) is 26.2 Å². The average Bonchev–Trinajstić information content (AvgIpc) is 3.12. The van der Waals surface area contributed by atoms with Crippen LogP contribution in [0.1, 0.15) is 0 Å². The van der Waals surface area contributed by atoms with Crippen molar-refractivity contribution in [1.82, 2.24) is 14.7 Å². The van der Waals surface area contributed by atoms with Crippen LogP contribution in [0.5, 0.6) is 0 Å². The molecule has 0 unspecified atom stereocenters. The van der Waals surface area contributed by atoms with Gasteiger partial charge in [0.05, 0.1) is 78.2 Å². The molecule has 57 heavy (non-hydrogen) atoms. The van der Waals surface area contributed by atoms with Gasteiger partial charge in [0.1, 0.15) is 0 Å². The predicted molar refractivity (Wildman–Crippen MR) is 220 cm³/mol. The van der Waals surface area contributed by atoms with E-state index in [2.05, 4.69) is 10.6 Å². The van der Waals surface area contributed by atoms with Gasteiger partial charge in [0.2, 0.25) is 11.8 Å². The summed E-state index contributed by atoms with van der Waals surface area (Å²) in [4.78, 5) is 65.6. The highest BCUT2D eigenvalue weighted by atomic mass is 16.4. The smallest absolute Gasteiger partial charge is 0.317 e. The molecule has 4 aromatic carbocycles. The number of benzene rings is 4. The van der Waals surface area contributed by atoms with E-state index in [4.69, 9.17) is 34.4 Å². The van der Waals surface area contributed by atoms with E-state index in [0.717, 1.165) is 11.1 Å². The number of hydrogen-bond acceptors (Lipinski definition) is 14. The number of nitrogen functional groups attached to an aromatic ring is 6. The number of carboxylic acid groups (broad SMARTS) is 3. The Morgan fingerprint density at radius 2 is 0.702 bits per heavy atom. The molecule has 0 heterocycles. The van der Waals surface area contributed by atoms with Crippen molar-refractivity contribution in [2.75, 3.05) is 104 Å². The summed E-state index contributed by atoms with van der Waals surface area (Å²) in [7, 11) is 0. The first-order chi connectivity index (χ1) is 27.0. The lowest BCUT2D eigenvalue weighted by Gasteiger charge is -2.28. The van der Waals surface area contributed by atoms with Crippen molar-refractivity contribution in [3.8, 4) is 22.3 Å². The highest BCUT2D eigenvalue weighted by Crippen LogP contribution is 2.31. The van der Waals surface area contributed by atoms with Crippen molar-refractivity contribution in [2.24, 2.45) is 0 Å². The summed E-state index contributed by atoms with van der Waals surface area (Å²) in [5, 5.41) is 34.2. The Labute approximate surface area is 327 Å². The van der Waals surface area contributed by atoms with E-state index in [0.29, 0.717) is 33.9 Å². The lowest BCUT2D eigenvalue weighted by molar-refractivity contribution is -0.140. The van der Waals surface area contributed by atoms with E-state index >= 15 is 0 Å². The summed E-state index contributed by atoms with van der Waals surface area (Å²) in [5.74, 6) is -4.81. The van der Waals surface area contributed by atoms with Crippen LogP contribution >= 0.6 is 0 Å². The number of nitrogens with one attached hydrogen (secondary N) is 2. The third-order valence-corrected chi connectivity index (χ3v) is 8.77. The Morgan fingerprint density at radius 1 is 0.404 bits per heavy atom. The molecule has 4 rings (SSSR count). The van der Waals surface area contributed by atoms with Crippen molar-refractivity contribution in [2.45, 2.75) is 0 Å². The van der Waals surface area contributed by atoms with Crippen molar-refractivity contribution in [3.05, 3.63) is 72.8 Å². The second kappa shape index (κ2) is 19.5. The molecule has 0 aliphatic heterocycles. The summed E-state index contributed by atoms with van der Waals surface area (Å²) in [6.45, 7) is -2.49. The molecular formula is C38H47N11O8. The number of aliphatic carboxylic acids is 3. The van der Waals surface area contributed by atoms with Crippen molar-refractivity contribution in [1.29, 1.82) is 0 Å². The van der Waals surface area contributed by atoms with E-state index in [1.807, 2.05) is 0 Å². The number of anilines is 8. The third-order valence-electron chi connectivity index (χ3n) is 8.77. The monoisotopic (exact) mass is 785 g/mol. The Balaban J connectivity index is 1.39. The minimum absolute atomic E-state index is 0.0187. The van der Waals surface area contributed by atoms with Crippen LogP contribution < -0.4 is 45.0 Å². The zero-order chi connectivity index (χ0) is 41.8. The first-order valence-electron chi connectivity index (χ1n) is 17.5. The van der Waals surface area contributed by atoms with Gasteiger partial charge in [-0.15, -0.1) is 0 Å². The van der Waals surface area contributed by atoms with Gasteiger partial charge in [-0.05, 0) is 70.8 Å². The molecule has 19 nitrogen and oxygen atoms in total. The molecule has 17 N–H and O–H groups in total. The van der Waals surface area contributed by atoms with Gasteiger partial charge in [-0.2, -0.15) is 0 Å². The highest BCUT2D eigenvalue weighted by Gasteiger charge is 2.21. The van der Waals surface area contributed by atoms with Gasteiger partial charge in [0.15, 0.2) is 0 Å². The summed E-state index contributed by atoms with van der Waals surface area (Å²) >= 11 is 0. The molecule has 0 saturated heterocycles. The van der Waals surface area contributed by atoms with Crippen molar-refractivity contribution in [3.63, 3.8) is 0 Å². The van der Waals surface area contributed by atoms with Crippen LogP contribution in [0.15, 0.2) is 72.8 Å². The predicted octanol–water partition coefficient (Wildman–Crippen LogP) is 1.25. The number of rotatable bonds is 20. The first-order valence-corrected chi connectivity index (χ1v) is 17.5. The van der Waals surface area contributed by atoms with Gasteiger partial charge >= 0.3 is 17.9 Å². The fraction of sp³-hybridized carbons (Fsp3) is 0.237. The van der Waals surface area contributed by atoms with Gasteiger partial charge in [-0.25, -0.2) is 0 Å². The second-order valence-electron chi connectivity index (χ2n) is 13.3. The molecule has 19 heteroatoms. The molecule has 302 valence electrons. The van der Waals surface area contributed by atoms with E-state index in [-0.39, 0.29) is 62.0 Å². The molecular weight excluding hydrogens is 738 g/mol. The van der Waals surface area contributed by atoms with E-state index in [1.54, 1.807) is 72.8 Å². The maximum Gasteiger partial charge on any atom is 0.317 e. The third kappa shape index (κ3) is 13.0. The fourth-order valence-corrected chi connectivity index (χ4v) is 5.82. The molecule has 0 radical (unpaired) electrons. The number of amides is 2. The molecule has 0 fully saturated rings. The average molecular weight is 786 g/mol. The molecule has 0 aromatic heterocycles. The number of hydrogen-bond donors (Lipinski definition) is 11. The number of carbonyl (C=O) groups is 5. The van der Waals surface area contributed by atoms with Gasteiger partial charge < -0.3 is 60.4 Å². The zero-order valence-corrected chi connectivity index (χ0v) is 31.0. The van der Waals surface area contributed by atoms with Crippen LogP contribution in [0.3, 0.4) is 0 Å². The minimum atomic E-state index is -1.22. The van der Waals surface area contributed by atoms with Crippen LogP contribution in [0.4, 0.5) is 45.5 Å². The van der Waals surface area contributed by atoms with E-state index in [9.17, 15) is 39.3 Å². The van der Waals surface area contributed by atoms with Crippen molar-refractivity contribution < 1.29 is 39.3 Å². The van der Waals surface area contributed by atoms with Gasteiger partial charge in [-0.1, -0.05) is 24.3 Å². The Hall–Kier alpha value is -7.09. The number of nitrogens with two attached hydrogens (primary N) is 6. The summed E-state index contributed by atoms with van der Waals surface area (Å²) < 4.78 is 0. The summed E-state index contributed by atoms with van der Waals surface area (Å²) in [6, 6.07) is 20.1. The van der Waals surface area contributed by atoms with Crippen LogP contribution in [0, 0.1) is 0 Å². The van der Waals surface area contributed by atoms with E-state index in [1.165, 1.54) is 14.7 Å². The van der Waals surface area contributed by atoms with Crippen LogP contribution in [-0.4, -0.2) is 119 Å². The zero-order valence-electron chi connectivity index (χ0n) is 31.0. The topological polar surface area (TPSA) is 336 Å². The Morgan fingerprint density at radius 3 is 1.04 bits per heavy atom. The molecule has 0 aliphatic carbocycles. The van der Waals surface area contributed by atoms with E-state index < -0.39 is 49.4 Å². The van der Waals surface area contributed by atoms with Crippen LogP contribution in [0.2, 0.25) is 0 Å². The minimum Gasteiger partial charge on any atom is -0.480 e. The lowest BCUT2D eigenvalue weighted by Crippen LogP contribution is -2.46. The maximum atomic E-state index is 13.2. The number of carbonyl (C=O) groups excluding carboxylic acids is 2. The molecule has 0 spiro atoms. The summed E-state index contributed by atoms with van der Waals surface area (Å²) in [5.41, 5.74) is 41.2. The molecule has 0 bridgehead atoms. The molecule has 0 aliphatic rings. The number of nitrogens with zero attached hydrogens (tertiary/aromatic N) is 3. The first kappa shape index (κ1) is 42.6. The quantitative estimate of drug-likeness (QED) is 0.0562. The molecule has 4 aromatic rings. The fourth-order valence-electron chi connectivity index (χ4n) is 5.82. The number of carboxylic acids is 3. The summed E-state index contributed by atoms with van der Waals surface area (Å²) in [6.07, 6.45) is 0. The van der Waals surface area contributed by atoms with Gasteiger partial charge in [-0.3, -0.25) is 38.7 Å². The van der Waals surface area contributed by atoms with Gasteiger partial charge in [0.25, 0.3) is 0 Å². The molecule has 0 atom stereocenters. The molecule has 0 saturated carbocycles. The van der Waals surface area contributed by atoms with Crippen molar-refractivity contribution >= 4 is 75.2 Å². The standard InChI is InChI=1S/C38H47N11O8/c39-26-5-1-22(13-30(26)43)24-3-7-28(41)32(15-24)45-34(50)17-48(20-37(54)55)11-9-47(19-36(52)53)10-12-49(21-38(56)57)18-35(51)46-33-16-25(4-8-29(33)42)23-2-6-27(40)31(44)14-23/h1-8,13-16H,9-12,17-21,39-44H2,(H,45,50)(H,46,51)(H,52,53)(H,54,55)(H,56,57). The normalized spacial score (nSPS) is 11.1. The lowest BCUT2D eigenvalue weighted by atomic mass is 10.0. The SMILES string of the molecule is Nc1ccc(-c2ccc(N)c(NC(=O)CN(CCN(CCN(CC(=O)O)CC(=O)Nc3cc(-c4ccc(N)c(N)c4)ccc3N)CC(=O)O)CC(=O)O)c2)cc1N. The maximum absolute atomic E-state index is 13.2. The van der Waals surface area contributed by atoms with Crippen LogP contribution in [0.25, 0.3) is 22.3 Å². The second-order valence-corrected chi connectivity index (χ2v) is 13.3. The Kier molecular flexibility index (Phi) is 14.6. The highest BCUT2D eigenvalue weighted by molar-refractivity contribution is 5.97.